The molecule has 6 aromatic rings. The Balaban J connectivity index is 0.000000153. The van der Waals surface area contributed by atoms with Crippen LogP contribution in [0.4, 0.5) is 14.5 Å². The van der Waals surface area contributed by atoms with E-state index in [-0.39, 0.29) is 28.7 Å². The van der Waals surface area contributed by atoms with Gasteiger partial charge in [-0.25, -0.2) is 8.78 Å². The number of carbonyl (C=O) groups excluding carboxylic acids is 2. The zero-order valence-electron chi connectivity index (χ0n) is 36.8. The second kappa shape index (κ2) is 20.0. The van der Waals surface area contributed by atoms with Gasteiger partial charge in [-0.2, -0.15) is 10.5 Å². The van der Waals surface area contributed by atoms with E-state index >= 15 is 0 Å². The molecule has 2 heterocycles. The van der Waals surface area contributed by atoms with Crippen LogP contribution in [0.3, 0.4) is 0 Å². The number of nitriles is 2. The number of benzene rings is 4. The molecule has 0 amide bonds. The molecule has 332 valence electrons. The van der Waals surface area contributed by atoms with Crippen LogP contribution < -0.4 is 5.73 Å². The average Bonchev–Trinajstić information content (AvgIpc) is 4.10. The molecule has 10 heteroatoms. The quantitative estimate of drug-likeness (QED) is 0.119. The fourth-order valence-corrected chi connectivity index (χ4v) is 11.9. The Morgan fingerprint density at radius 1 is 0.631 bits per heavy atom. The molecular weight excluding hydrogens is 836 g/mol. The van der Waals surface area contributed by atoms with Gasteiger partial charge in [-0.05, 0) is 212 Å². The van der Waals surface area contributed by atoms with Crippen LogP contribution in [-0.2, 0) is 16.0 Å². The molecule has 10 atom stereocenters. The van der Waals surface area contributed by atoms with Crippen LogP contribution in [0.1, 0.15) is 105 Å². The predicted molar refractivity (Wildman–Crippen MR) is 251 cm³/mol. The van der Waals surface area contributed by atoms with Gasteiger partial charge in [0.15, 0.2) is 0 Å². The first-order valence-electron chi connectivity index (χ1n) is 22.9. The Labute approximate surface area is 385 Å². The molecule has 4 aliphatic rings. The van der Waals surface area contributed by atoms with Crippen molar-refractivity contribution in [2.75, 3.05) is 5.73 Å². The number of hydrogen-bond acceptors (Lipinski definition) is 7. The average molecular weight is 891 g/mol. The molecule has 7 nitrogen and oxygen atoms in total. The van der Waals surface area contributed by atoms with Crippen LogP contribution in [-0.4, -0.2) is 21.0 Å². The van der Waals surface area contributed by atoms with E-state index < -0.39 is 0 Å². The first-order valence-corrected chi connectivity index (χ1v) is 23.3. The Morgan fingerprint density at radius 3 is 1.46 bits per heavy atom. The lowest BCUT2D eigenvalue weighted by atomic mass is 9.83. The molecule has 6 unspecified atom stereocenters. The second-order valence-corrected chi connectivity index (χ2v) is 19.4. The Morgan fingerprint density at radius 2 is 1.05 bits per heavy atom. The minimum absolute atomic E-state index is 0.0356. The van der Waals surface area contributed by atoms with Crippen molar-refractivity contribution in [3.8, 4) is 12.1 Å². The molecule has 10 rings (SSSR count). The normalized spacial score (nSPS) is 24.9. The van der Waals surface area contributed by atoms with Gasteiger partial charge in [-0.1, -0.05) is 26.0 Å². The summed E-state index contributed by atoms with van der Waals surface area (Å²) in [5, 5.41) is 19.0. The summed E-state index contributed by atoms with van der Waals surface area (Å²) in [7, 11) is 0. The van der Waals surface area contributed by atoms with Crippen molar-refractivity contribution in [2.24, 2.45) is 47.3 Å². The second-order valence-electron chi connectivity index (χ2n) is 19.0. The summed E-state index contributed by atoms with van der Waals surface area (Å²) in [5.41, 5.74) is 12.5. The molecule has 65 heavy (non-hydrogen) atoms. The maximum absolute atomic E-state index is 13.9. The van der Waals surface area contributed by atoms with Gasteiger partial charge < -0.3 is 5.73 Å². The number of rotatable bonds is 8. The van der Waals surface area contributed by atoms with E-state index in [1.807, 2.05) is 37.5 Å². The van der Waals surface area contributed by atoms with Crippen LogP contribution in [0.25, 0.3) is 21.8 Å². The molecule has 0 saturated heterocycles. The van der Waals surface area contributed by atoms with E-state index in [1.165, 1.54) is 23.3 Å². The summed E-state index contributed by atoms with van der Waals surface area (Å²) in [6.07, 6.45) is 13.0. The van der Waals surface area contributed by atoms with Crippen molar-refractivity contribution >= 4 is 50.1 Å². The van der Waals surface area contributed by atoms with Crippen molar-refractivity contribution < 1.29 is 18.4 Å². The summed E-state index contributed by atoms with van der Waals surface area (Å²) in [5.74, 6) is 4.32. The lowest BCUT2D eigenvalue weighted by molar-refractivity contribution is -0.123. The van der Waals surface area contributed by atoms with Gasteiger partial charge in [0.1, 0.15) is 17.4 Å². The molecule has 4 aliphatic carbocycles. The fraction of sp³-hybridized carbons (Fsp3) is 0.382. The number of aromatic nitrogens is 2. The number of nitrogen functional groups attached to an aromatic ring is 1. The highest BCUT2D eigenvalue weighted by Gasteiger charge is 2.46. The molecule has 2 N–H and O–H groups in total. The van der Waals surface area contributed by atoms with E-state index in [1.54, 1.807) is 60.7 Å². The van der Waals surface area contributed by atoms with Gasteiger partial charge in [0.05, 0.1) is 34.3 Å². The Hall–Kier alpha value is -6.03. The summed E-state index contributed by atoms with van der Waals surface area (Å²) in [6, 6.07) is 32.1. The van der Waals surface area contributed by atoms with Gasteiger partial charge in [0, 0.05) is 47.1 Å². The zero-order chi connectivity index (χ0) is 45.8. The van der Waals surface area contributed by atoms with Gasteiger partial charge in [-0.15, -0.1) is 0 Å². The number of carbonyl (C=O) groups is 2. The lowest BCUT2D eigenvalue weighted by Crippen LogP contribution is -2.21. The van der Waals surface area contributed by atoms with Gasteiger partial charge in [-0.3, -0.25) is 19.6 Å². The highest BCUT2D eigenvalue weighted by atomic mass is 35.5. The van der Waals surface area contributed by atoms with Gasteiger partial charge in [0.2, 0.25) is 5.24 Å². The van der Waals surface area contributed by atoms with E-state index in [0.717, 1.165) is 78.7 Å². The fourth-order valence-electron chi connectivity index (χ4n) is 11.7. The van der Waals surface area contributed by atoms with Crippen LogP contribution in [0.5, 0.6) is 0 Å². The van der Waals surface area contributed by atoms with Gasteiger partial charge >= 0.3 is 0 Å². The van der Waals surface area contributed by atoms with Crippen LogP contribution in [0.15, 0.2) is 109 Å². The number of pyridine rings is 2. The number of ketones is 1. The third-order valence-electron chi connectivity index (χ3n) is 15.2. The molecule has 4 saturated carbocycles. The minimum Gasteiger partial charge on any atom is -0.399 e. The highest BCUT2D eigenvalue weighted by Crippen LogP contribution is 2.56. The lowest BCUT2D eigenvalue weighted by Gasteiger charge is -2.21. The number of halogens is 3. The number of hydrogen-bond donors (Lipinski definition) is 1. The third kappa shape index (κ3) is 10.4. The number of nitrogens with zero attached hydrogens (tertiary/aromatic N) is 4. The van der Waals surface area contributed by atoms with Crippen LogP contribution >= 0.6 is 11.6 Å². The summed E-state index contributed by atoms with van der Waals surface area (Å²) < 4.78 is 27.5. The van der Waals surface area contributed by atoms with E-state index in [4.69, 9.17) is 27.9 Å². The standard InChI is InChI=1S/C28H27FN2O.C20H21ClFNO.C7H6N2/c1-17(28(32)10-18-2-4-19(16-30)5-3-18)20-11-21-13-23(14-22(21)12-20)25-8-9-31-27-7-6-24(29)15-26(25)27;1-11(20(21)24)12-6-13-8-15(9-14(13)7-12)17-4-5-23-19-3-2-16(22)10-18(17)19;8-5-6-1-3-7(9)4-2-6/h2-9,15,17,20-23H,10-14H2,1H3;2-5,10-15H,6-9H2,1H3;1-4H,9H2/t17?,20?,21-,22+,23?;11?,12?,13-,14+,15?;. The highest BCUT2D eigenvalue weighted by molar-refractivity contribution is 6.63. The van der Waals surface area contributed by atoms with Crippen molar-refractivity contribution in [1.29, 1.82) is 10.5 Å². The van der Waals surface area contributed by atoms with Crippen molar-refractivity contribution in [3.63, 3.8) is 0 Å². The number of fused-ring (bicyclic) bond motifs is 4. The summed E-state index contributed by atoms with van der Waals surface area (Å²) in [4.78, 5) is 33.1. The minimum atomic E-state index is -0.209. The number of nitrogens with two attached hydrogens (primary N) is 1. The van der Waals surface area contributed by atoms with Crippen molar-refractivity contribution in [3.05, 3.63) is 149 Å². The van der Waals surface area contributed by atoms with E-state index in [2.05, 4.69) is 35.1 Å². The number of Topliss-reactive ketones (excluding diaryl/α,β-unsaturated/α-hetero) is 1. The molecule has 4 aromatic carbocycles. The third-order valence-corrected chi connectivity index (χ3v) is 15.6. The maximum atomic E-state index is 13.9. The summed E-state index contributed by atoms with van der Waals surface area (Å²) >= 11 is 5.69. The van der Waals surface area contributed by atoms with Crippen LogP contribution in [0.2, 0.25) is 0 Å². The van der Waals surface area contributed by atoms with Crippen LogP contribution in [0, 0.1) is 81.6 Å². The molecule has 0 radical (unpaired) electrons. The molecule has 4 fully saturated rings. The smallest absolute Gasteiger partial charge is 0.224 e. The number of anilines is 1. The first kappa shape index (κ1) is 45.5. The molecule has 2 aromatic heterocycles. The first-order chi connectivity index (χ1) is 31.4. The zero-order valence-corrected chi connectivity index (χ0v) is 37.6. The molecule has 0 bridgehead atoms. The van der Waals surface area contributed by atoms with Gasteiger partial charge in [0.25, 0.3) is 0 Å². The van der Waals surface area contributed by atoms with Crippen molar-refractivity contribution in [1.82, 2.24) is 9.97 Å². The predicted octanol–water partition coefficient (Wildman–Crippen LogP) is 12.6. The van der Waals surface area contributed by atoms with Crippen molar-refractivity contribution in [2.45, 2.75) is 83.5 Å². The Kier molecular flexibility index (Phi) is 14.0. The largest absolute Gasteiger partial charge is 0.399 e. The maximum Gasteiger partial charge on any atom is 0.224 e. The Bertz CT molecular complexity index is 2740. The topological polar surface area (TPSA) is 134 Å². The molecular formula is C55H54ClF2N5O2. The monoisotopic (exact) mass is 889 g/mol. The molecule has 0 spiro atoms. The van der Waals surface area contributed by atoms with E-state index in [0.29, 0.717) is 76.4 Å². The summed E-state index contributed by atoms with van der Waals surface area (Å²) in [6.45, 7) is 4.05. The SMILES string of the molecule is CC(C(=O)Cc1ccc(C#N)cc1)C1C[C@H]2CC(c3ccnc4ccc(F)cc34)C[C@H]2C1.CC(C(=O)Cl)C1C[C@H]2CC(c3ccnc4ccc(F)cc34)C[C@H]2C1.N#Cc1ccc(N)cc1. The van der Waals surface area contributed by atoms with E-state index in [9.17, 15) is 18.4 Å². The molecule has 0 aliphatic heterocycles.